The molecule has 0 heterocycles. The summed E-state index contributed by atoms with van der Waals surface area (Å²) in [4.78, 5) is 23.8. The van der Waals surface area contributed by atoms with Gasteiger partial charge in [-0.1, -0.05) is 30.7 Å². The van der Waals surface area contributed by atoms with Crippen LogP contribution in [0, 0.1) is 11.8 Å². The van der Waals surface area contributed by atoms with E-state index in [1.54, 1.807) is 5.56 Å². The molecular weight excluding hydrogens is 312 g/mol. The third kappa shape index (κ3) is 4.78. The second-order valence-corrected chi connectivity index (χ2v) is 7.90. The molecule has 3 heteroatoms. The average molecular weight is 342 g/mol. The van der Waals surface area contributed by atoms with Crippen LogP contribution in [0.4, 0.5) is 0 Å². The largest absolute Gasteiger partial charge is 0.396 e. The van der Waals surface area contributed by atoms with Gasteiger partial charge in [0.25, 0.3) is 0 Å². The van der Waals surface area contributed by atoms with E-state index in [2.05, 4.69) is 24.3 Å². The summed E-state index contributed by atoms with van der Waals surface area (Å²) in [6.07, 6.45) is 9.40. The van der Waals surface area contributed by atoms with Gasteiger partial charge in [-0.15, -0.1) is 0 Å². The van der Waals surface area contributed by atoms with Gasteiger partial charge in [0.1, 0.15) is 11.6 Å². The number of carbonyl (C=O) groups is 2. The number of rotatable bonds is 9. The molecule has 1 aromatic rings. The van der Waals surface area contributed by atoms with Crippen molar-refractivity contribution in [2.45, 2.75) is 70.1 Å². The van der Waals surface area contributed by atoms with E-state index in [0.717, 1.165) is 38.0 Å². The maximum Gasteiger partial charge on any atom is 0.143 e. The van der Waals surface area contributed by atoms with Crippen molar-refractivity contribution < 1.29 is 14.7 Å². The van der Waals surface area contributed by atoms with Crippen LogP contribution in [0.15, 0.2) is 24.3 Å². The number of hydrogen-bond donors (Lipinski definition) is 1. The fourth-order valence-electron chi connectivity index (χ4n) is 4.42. The molecule has 2 saturated carbocycles. The molecule has 0 aromatic heterocycles. The summed E-state index contributed by atoms with van der Waals surface area (Å²) in [6.45, 7) is -0.153. The van der Waals surface area contributed by atoms with Crippen LogP contribution in [0.1, 0.15) is 74.8 Å². The zero-order chi connectivity index (χ0) is 17.6. The average Bonchev–Trinajstić information content (AvgIpc) is 3.02. The molecule has 2 fully saturated rings. The minimum absolute atomic E-state index is 0.0163. The maximum atomic E-state index is 12.2. The topological polar surface area (TPSA) is 54.4 Å². The summed E-state index contributed by atoms with van der Waals surface area (Å²) in [5, 5.41) is 8.79. The van der Waals surface area contributed by atoms with Gasteiger partial charge in [0.15, 0.2) is 0 Å². The molecule has 2 unspecified atom stereocenters. The fourth-order valence-corrected chi connectivity index (χ4v) is 4.42. The number of aliphatic hydroxyl groups excluding tert-OH is 1. The zero-order valence-electron chi connectivity index (χ0n) is 15.1. The number of Topliss-reactive ketones (excluding diaryl/α,β-unsaturated/α-hetero) is 2. The highest BCUT2D eigenvalue weighted by atomic mass is 16.3. The van der Waals surface area contributed by atoms with E-state index in [-0.39, 0.29) is 36.9 Å². The van der Waals surface area contributed by atoms with Crippen molar-refractivity contribution in [3.63, 3.8) is 0 Å². The van der Waals surface area contributed by atoms with Crippen LogP contribution in [-0.2, 0) is 16.0 Å². The molecule has 0 radical (unpaired) electrons. The highest BCUT2D eigenvalue weighted by Gasteiger charge is 2.30. The summed E-state index contributed by atoms with van der Waals surface area (Å²) in [5.74, 6) is 1.42. The van der Waals surface area contributed by atoms with E-state index in [4.69, 9.17) is 5.11 Å². The van der Waals surface area contributed by atoms with Crippen molar-refractivity contribution in [1.82, 2.24) is 0 Å². The lowest BCUT2D eigenvalue weighted by molar-refractivity contribution is -0.129. The van der Waals surface area contributed by atoms with Gasteiger partial charge in [0, 0.05) is 18.9 Å². The Labute approximate surface area is 150 Å². The van der Waals surface area contributed by atoms with Gasteiger partial charge >= 0.3 is 0 Å². The van der Waals surface area contributed by atoms with E-state index < -0.39 is 0 Å². The van der Waals surface area contributed by atoms with Crippen LogP contribution in [0.25, 0.3) is 0 Å². The van der Waals surface area contributed by atoms with E-state index in [1.807, 2.05) is 0 Å². The minimum atomic E-state index is -0.153. The molecule has 25 heavy (non-hydrogen) atoms. The van der Waals surface area contributed by atoms with Crippen LogP contribution >= 0.6 is 0 Å². The van der Waals surface area contributed by atoms with Crippen LogP contribution < -0.4 is 0 Å². The van der Waals surface area contributed by atoms with Crippen molar-refractivity contribution in [1.29, 1.82) is 0 Å². The van der Waals surface area contributed by atoms with Crippen LogP contribution in [0.3, 0.4) is 0 Å². The normalized spacial score (nSPS) is 23.4. The molecule has 2 atom stereocenters. The first-order valence-corrected chi connectivity index (χ1v) is 9.90. The molecule has 0 aliphatic heterocycles. The summed E-state index contributed by atoms with van der Waals surface area (Å²) in [7, 11) is 0. The maximum absolute atomic E-state index is 12.2. The summed E-state index contributed by atoms with van der Waals surface area (Å²) in [5.41, 5.74) is 3.05. The van der Waals surface area contributed by atoms with Gasteiger partial charge in [0.05, 0.1) is 6.42 Å². The predicted octanol–water partition coefficient (Wildman–Crippen LogP) is 4.21. The van der Waals surface area contributed by atoms with Crippen molar-refractivity contribution in [3.8, 4) is 0 Å². The number of benzene rings is 1. The van der Waals surface area contributed by atoms with Crippen molar-refractivity contribution in [3.05, 3.63) is 35.4 Å². The molecule has 2 aliphatic rings. The van der Waals surface area contributed by atoms with Gasteiger partial charge in [-0.3, -0.25) is 9.59 Å². The first-order chi connectivity index (χ1) is 12.2. The SMILES string of the molecule is O=C(CCO)CC(=O)C1CCC(CCc2ccccc2C2CCC2)C1. The lowest BCUT2D eigenvalue weighted by Crippen LogP contribution is -2.17. The van der Waals surface area contributed by atoms with Crippen LogP contribution in [0.2, 0.25) is 0 Å². The van der Waals surface area contributed by atoms with E-state index in [0.29, 0.717) is 5.92 Å². The first kappa shape index (κ1) is 18.3. The molecule has 0 saturated heterocycles. The molecule has 0 bridgehead atoms. The second-order valence-electron chi connectivity index (χ2n) is 7.90. The van der Waals surface area contributed by atoms with Crippen molar-refractivity contribution >= 4 is 11.6 Å². The van der Waals surface area contributed by atoms with Crippen LogP contribution in [-0.4, -0.2) is 23.3 Å². The molecule has 1 aromatic carbocycles. The lowest BCUT2D eigenvalue weighted by atomic mass is 9.77. The molecule has 0 amide bonds. The van der Waals surface area contributed by atoms with Crippen molar-refractivity contribution in [2.24, 2.45) is 11.8 Å². The summed E-state index contributed by atoms with van der Waals surface area (Å²) < 4.78 is 0. The quantitative estimate of drug-likeness (QED) is 0.684. The third-order valence-corrected chi connectivity index (χ3v) is 6.18. The Morgan fingerprint density at radius 2 is 1.88 bits per heavy atom. The Balaban J connectivity index is 1.47. The molecule has 3 rings (SSSR count). The molecule has 0 spiro atoms. The molecule has 136 valence electrons. The van der Waals surface area contributed by atoms with E-state index >= 15 is 0 Å². The Hall–Kier alpha value is -1.48. The Kier molecular flexibility index (Phi) is 6.41. The van der Waals surface area contributed by atoms with Crippen LogP contribution in [0.5, 0.6) is 0 Å². The zero-order valence-corrected chi connectivity index (χ0v) is 15.1. The monoisotopic (exact) mass is 342 g/mol. The Morgan fingerprint density at radius 1 is 1.08 bits per heavy atom. The number of hydrogen-bond acceptors (Lipinski definition) is 3. The Bertz CT molecular complexity index is 603. The molecule has 1 N–H and O–H groups in total. The summed E-state index contributed by atoms with van der Waals surface area (Å²) >= 11 is 0. The van der Waals surface area contributed by atoms with Gasteiger partial charge < -0.3 is 5.11 Å². The predicted molar refractivity (Wildman–Crippen MR) is 98.5 cm³/mol. The highest BCUT2D eigenvalue weighted by molar-refractivity contribution is 6.00. The number of aryl methyl sites for hydroxylation is 1. The molecule has 2 aliphatic carbocycles. The smallest absolute Gasteiger partial charge is 0.143 e. The number of aliphatic hydroxyl groups is 1. The summed E-state index contributed by atoms with van der Waals surface area (Å²) in [6, 6.07) is 8.88. The molecular formula is C22H30O3. The van der Waals surface area contributed by atoms with Gasteiger partial charge in [-0.2, -0.15) is 0 Å². The Morgan fingerprint density at radius 3 is 2.60 bits per heavy atom. The van der Waals surface area contributed by atoms with E-state index in [9.17, 15) is 9.59 Å². The van der Waals surface area contributed by atoms with Gasteiger partial charge in [-0.25, -0.2) is 0 Å². The van der Waals surface area contributed by atoms with Gasteiger partial charge in [0.2, 0.25) is 0 Å². The van der Waals surface area contributed by atoms with Gasteiger partial charge in [-0.05, 0) is 67.9 Å². The minimum Gasteiger partial charge on any atom is -0.396 e. The highest BCUT2D eigenvalue weighted by Crippen LogP contribution is 2.39. The standard InChI is InChI=1S/C22H30O3/c23-13-12-20(24)15-22(25)19-11-9-16(14-19)8-10-18-4-1-2-7-21(18)17-5-3-6-17/h1-2,4,7,16-17,19,23H,3,5-6,8-15H2. The third-order valence-electron chi connectivity index (χ3n) is 6.18. The number of carbonyl (C=O) groups excluding carboxylic acids is 2. The fraction of sp³-hybridized carbons (Fsp3) is 0.636. The van der Waals surface area contributed by atoms with E-state index in [1.165, 1.54) is 24.8 Å². The van der Waals surface area contributed by atoms with Crippen molar-refractivity contribution in [2.75, 3.05) is 6.61 Å². The number of ketones is 2. The second kappa shape index (κ2) is 8.75. The molecule has 3 nitrogen and oxygen atoms in total. The lowest BCUT2D eigenvalue weighted by Gasteiger charge is -2.28. The first-order valence-electron chi connectivity index (χ1n) is 9.90.